The second-order valence-corrected chi connectivity index (χ2v) is 8.34. The average molecular weight is 377 g/mol. The monoisotopic (exact) mass is 376 g/mol. The van der Waals surface area contributed by atoms with E-state index in [0.29, 0.717) is 5.57 Å². The van der Waals surface area contributed by atoms with Crippen molar-refractivity contribution in [3.63, 3.8) is 0 Å². The highest BCUT2D eigenvalue weighted by molar-refractivity contribution is 5.81. The van der Waals surface area contributed by atoms with Crippen LogP contribution in [0.3, 0.4) is 0 Å². The molecule has 28 heavy (non-hydrogen) atoms. The lowest BCUT2D eigenvalue weighted by atomic mass is 9.72. The van der Waals surface area contributed by atoms with Crippen LogP contribution in [0.2, 0.25) is 0 Å². The molecule has 0 spiro atoms. The van der Waals surface area contributed by atoms with Crippen molar-refractivity contribution in [2.24, 2.45) is 5.41 Å². The number of carboxylic acids is 1. The number of allylic oxidation sites excluding steroid dienone is 9. The second kappa shape index (κ2) is 9.54. The van der Waals surface area contributed by atoms with Crippen molar-refractivity contribution < 1.29 is 9.90 Å². The van der Waals surface area contributed by atoms with Crippen molar-refractivity contribution in [2.45, 2.75) is 53.9 Å². The predicted molar refractivity (Wildman–Crippen MR) is 119 cm³/mol. The van der Waals surface area contributed by atoms with Gasteiger partial charge >= 0.3 is 5.97 Å². The first-order valence-electron chi connectivity index (χ1n) is 9.94. The molecule has 1 aliphatic rings. The molecule has 2 nitrogen and oxygen atoms in total. The summed E-state index contributed by atoms with van der Waals surface area (Å²) < 4.78 is 0. The minimum atomic E-state index is -0.924. The summed E-state index contributed by atoms with van der Waals surface area (Å²) in [6.45, 7) is 10.8. The molecule has 1 N–H and O–H groups in total. The van der Waals surface area contributed by atoms with E-state index in [1.807, 2.05) is 18.2 Å². The standard InChI is InChI=1S/C26H32O2/c1-19-11-13-23(14-12-19)22(10-6-8-20(2)18-25(27)28)15-16-24-21(3)9-7-17-26(24,4)5/h6,8,10-16,18H,7,9,17H2,1-5H3,(H,27,28). The predicted octanol–water partition coefficient (Wildman–Crippen LogP) is 7.05. The molecule has 0 heterocycles. The van der Waals surface area contributed by atoms with E-state index in [1.54, 1.807) is 6.92 Å². The lowest BCUT2D eigenvalue weighted by Crippen LogP contribution is -2.19. The van der Waals surface area contributed by atoms with Crippen LogP contribution in [0.25, 0.3) is 5.57 Å². The normalized spacial score (nSPS) is 18.3. The molecule has 1 aromatic rings. The van der Waals surface area contributed by atoms with Gasteiger partial charge < -0.3 is 5.11 Å². The summed E-state index contributed by atoms with van der Waals surface area (Å²) in [7, 11) is 0. The summed E-state index contributed by atoms with van der Waals surface area (Å²) in [5.41, 5.74) is 7.32. The Hall–Kier alpha value is -2.61. The minimum Gasteiger partial charge on any atom is -0.478 e. The molecule has 0 fully saturated rings. The van der Waals surface area contributed by atoms with Crippen LogP contribution in [0.1, 0.15) is 58.1 Å². The van der Waals surface area contributed by atoms with Gasteiger partial charge in [0.1, 0.15) is 0 Å². The van der Waals surface area contributed by atoms with E-state index in [2.05, 4.69) is 64.1 Å². The number of hydrogen-bond acceptors (Lipinski definition) is 1. The van der Waals surface area contributed by atoms with Gasteiger partial charge in [-0.3, -0.25) is 0 Å². The molecule has 0 amide bonds. The number of hydrogen-bond donors (Lipinski definition) is 1. The van der Waals surface area contributed by atoms with Gasteiger partial charge in [0.05, 0.1) is 0 Å². The molecule has 0 unspecified atom stereocenters. The Labute approximate surface area is 169 Å². The zero-order valence-corrected chi connectivity index (χ0v) is 17.8. The van der Waals surface area contributed by atoms with Gasteiger partial charge in [-0.1, -0.05) is 79.6 Å². The third kappa shape index (κ3) is 6.23. The SMILES string of the molecule is CC(C=CC=C(C=CC1=C(C)CCCC1(C)C)c1ccc(C)cc1)=CC(=O)O. The average Bonchev–Trinajstić information content (AvgIpc) is 2.59. The molecule has 1 aromatic carbocycles. The topological polar surface area (TPSA) is 37.3 Å². The molecular formula is C26H32O2. The van der Waals surface area contributed by atoms with Crippen LogP contribution in [0.4, 0.5) is 0 Å². The van der Waals surface area contributed by atoms with Gasteiger partial charge in [0.15, 0.2) is 0 Å². The van der Waals surface area contributed by atoms with Gasteiger partial charge in [0, 0.05) is 6.08 Å². The van der Waals surface area contributed by atoms with Crippen LogP contribution in [-0.2, 0) is 4.79 Å². The highest BCUT2D eigenvalue weighted by Crippen LogP contribution is 2.41. The zero-order valence-electron chi connectivity index (χ0n) is 17.8. The number of benzene rings is 1. The molecule has 0 aromatic heterocycles. The quantitative estimate of drug-likeness (QED) is 0.427. The van der Waals surface area contributed by atoms with Gasteiger partial charge in [-0.05, 0) is 67.7 Å². The van der Waals surface area contributed by atoms with E-state index >= 15 is 0 Å². The van der Waals surface area contributed by atoms with Crippen molar-refractivity contribution in [2.75, 3.05) is 0 Å². The largest absolute Gasteiger partial charge is 0.478 e. The summed E-state index contributed by atoms with van der Waals surface area (Å²) in [4.78, 5) is 10.8. The summed E-state index contributed by atoms with van der Waals surface area (Å²) in [5, 5.41) is 8.86. The van der Waals surface area contributed by atoms with Crippen LogP contribution >= 0.6 is 0 Å². The fourth-order valence-corrected chi connectivity index (χ4v) is 3.72. The lowest BCUT2D eigenvalue weighted by molar-refractivity contribution is -0.131. The Kier molecular flexibility index (Phi) is 7.39. The highest BCUT2D eigenvalue weighted by Gasteiger charge is 2.26. The first-order valence-corrected chi connectivity index (χ1v) is 9.94. The molecule has 2 heteroatoms. The molecule has 2 rings (SSSR count). The van der Waals surface area contributed by atoms with Crippen molar-refractivity contribution in [1.29, 1.82) is 0 Å². The molecule has 1 aliphatic carbocycles. The molecule has 0 aliphatic heterocycles. The number of carboxylic acid groups (broad SMARTS) is 1. The molecule has 0 saturated heterocycles. The van der Waals surface area contributed by atoms with Crippen molar-refractivity contribution in [1.82, 2.24) is 0 Å². The smallest absolute Gasteiger partial charge is 0.328 e. The van der Waals surface area contributed by atoms with E-state index in [4.69, 9.17) is 5.11 Å². The summed E-state index contributed by atoms with van der Waals surface area (Å²) in [6, 6.07) is 8.50. The molecule has 0 atom stereocenters. The minimum absolute atomic E-state index is 0.202. The van der Waals surface area contributed by atoms with Crippen LogP contribution in [0.5, 0.6) is 0 Å². The van der Waals surface area contributed by atoms with Crippen LogP contribution < -0.4 is 0 Å². The third-order valence-corrected chi connectivity index (χ3v) is 5.34. The van der Waals surface area contributed by atoms with Gasteiger partial charge in [0.25, 0.3) is 0 Å². The molecule has 0 bridgehead atoms. The fourth-order valence-electron chi connectivity index (χ4n) is 3.72. The fraction of sp³-hybridized carbons (Fsp3) is 0.346. The van der Waals surface area contributed by atoms with Gasteiger partial charge in [-0.2, -0.15) is 0 Å². The summed E-state index contributed by atoms with van der Waals surface area (Å²) >= 11 is 0. The maximum atomic E-state index is 10.8. The van der Waals surface area contributed by atoms with Crippen molar-refractivity contribution >= 4 is 11.5 Å². The van der Waals surface area contributed by atoms with E-state index in [-0.39, 0.29) is 5.41 Å². The van der Waals surface area contributed by atoms with Crippen LogP contribution in [0, 0.1) is 12.3 Å². The van der Waals surface area contributed by atoms with Crippen LogP contribution in [0.15, 0.2) is 77.4 Å². The molecule has 0 saturated carbocycles. The second-order valence-electron chi connectivity index (χ2n) is 8.34. The molecule has 0 radical (unpaired) electrons. The van der Waals surface area contributed by atoms with Crippen LogP contribution in [-0.4, -0.2) is 11.1 Å². The van der Waals surface area contributed by atoms with E-state index in [0.717, 1.165) is 11.1 Å². The number of aryl methyl sites for hydroxylation is 1. The molecule has 148 valence electrons. The van der Waals surface area contributed by atoms with E-state index in [9.17, 15) is 4.79 Å². The first-order chi connectivity index (χ1) is 13.2. The Morgan fingerprint density at radius 2 is 1.79 bits per heavy atom. The first kappa shape index (κ1) is 21.7. The van der Waals surface area contributed by atoms with E-state index in [1.165, 1.54) is 42.0 Å². The van der Waals surface area contributed by atoms with Gasteiger partial charge in [-0.25, -0.2) is 4.79 Å². The summed E-state index contributed by atoms with van der Waals surface area (Å²) in [6.07, 6.45) is 15.1. The number of rotatable bonds is 6. The van der Waals surface area contributed by atoms with Gasteiger partial charge in [0.2, 0.25) is 0 Å². The van der Waals surface area contributed by atoms with E-state index < -0.39 is 5.97 Å². The number of aliphatic carboxylic acids is 1. The lowest BCUT2D eigenvalue weighted by Gasteiger charge is -2.33. The van der Waals surface area contributed by atoms with Crippen molar-refractivity contribution in [3.05, 3.63) is 88.6 Å². The number of carbonyl (C=O) groups is 1. The Morgan fingerprint density at radius 3 is 2.39 bits per heavy atom. The highest BCUT2D eigenvalue weighted by atomic mass is 16.4. The maximum Gasteiger partial charge on any atom is 0.328 e. The maximum absolute atomic E-state index is 10.8. The van der Waals surface area contributed by atoms with Gasteiger partial charge in [-0.15, -0.1) is 0 Å². The summed E-state index contributed by atoms with van der Waals surface area (Å²) in [5.74, 6) is -0.924. The Balaban J connectivity index is 2.39. The third-order valence-electron chi connectivity index (χ3n) is 5.34. The Morgan fingerprint density at radius 1 is 1.11 bits per heavy atom. The van der Waals surface area contributed by atoms with Crippen molar-refractivity contribution in [3.8, 4) is 0 Å². The zero-order chi connectivity index (χ0) is 20.7. The Bertz CT molecular complexity index is 856. The molecular weight excluding hydrogens is 344 g/mol.